The van der Waals surface area contributed by atoms with E-state index in [9.17, 15) is 14.7 Å². The van der Waals surface area contributed by atoms with Crippen LogP contribution in [0, 0.1) is 5.92 Å². The number of hydrogen-bond donors (Lipinski definition) is 1. The molecule has 86 valence electrons. The molecule has 0 atom stereocenters. The van der Waals surface area contributed by atoms with Crippen LogP contribution in [0.3, 0.4) is 0 Å². The number of hydrogen-bond acceptors (Lipinski definition) is 5. The molecule has 0 aromatic rings. The van der Waals surface area contributed by atoms with Gasteiger partial charge in [-0.3, -0.25) is 4.79 Å². The van der Waals surface area contributed by atoms with Gasteiger partial charge in [0.2, 0.25) is 0 Å². The van der Waals surface area contributed by atoms with E-state index in [2.05, 4.69) is 12.6 Å². The summed E-state index contributed by atoms with van der Waals surface area (Å²) in [6.07, 6.45) is 2.52. The first-order valence-electron chi connectivity index (χ1n) is 5.14. The Labute approximate surface area is 94.4 Å². The molecule has 4 nitrogen and oxygen atoms in total. The second kappa shape index (κ2) is 6.00. The largest absolute Gasteiger partial charge is 0.550 e. The average molecular weight is 231 g/mol. The molecule has 0 aromatic heterocycles. The van der Waals surface area contributed by atoms with Crippen molar-refractivity contribution < 1.29 is 19.4 Å². The fraction of sp³-hybridized carbons (Fsp3) is 0.800. The summed E-state index contributed by atoms with van der Waals surface area (Å²) < 4.78 is 5.16. The van der Waals surface area contributed by atoms with Gasteiger partial charge in [-0.15, -0.1) is 0 Å². The third-order valence-electron chi connectivity index (χ3n) is 2.62. The summed E-state index contributed by atoms with van der Waals surface area (Å²) in [4.78, 5) is 21.7. The zero-order valence-corrected chi connectivity index (χ0v) is 9.37. The number of aliphatic carboxylic acids is 1. The van der Waals surface area contributed by atoms with Crippen LogP contribution in [-0.4, -0.2) is 23.8 Å². The molecule has 0 bridgehead atoms. The van der Waals surface area contributed by atoms with E-state index in [0.717, 1.165) is 0 Å². The SMILES string of the molecule is O=C(CCS)OC1CCC(C(=O)[O-])CC1. The van der Waals surface area contributed by atoms with Crippen molar-refractivity contribution in [2.45, 2.75) is 38.2 Å². The van der Waals surface area contributed by atoms with E-state index in [-0.39, 0.29) is 18.0 Å². The molecule has 1 aliphatic carbocycles. The molecule has 1 fully saturated rings. The third-order valence-corrected chi connectivity index (χ3v) is 2.85. The minimum atomic E-state index is -0.991. The Balaban J connectivity index is 2.25. The first-order chi connectivity index (χ1) is 7.13. The Morgan fingerprint density at radius 1 is 1.27 bits per heavy atom. The molecule has 0 saturated heterocycles. The monoisotopic (exact) mass is 231 g/mol. The number of esters is 1. The minimum Gasteiger partial charge on any atom is -0.550 e. The number of ether oxygens (including phenoxy) is 1. The number of carboxylic acids is 1. The van der Waals surface area contributed by atoms with Crippen LogP contribution in [0.2, 0.25) is 0 Å². The van der Waals surface area contributed by atoms with Gasteiger partial charge in [0.05, 0.1) is 6.42 Å². The lowest BCUT2D eigenvalue weighted by Crippen LogP contribution is -2.35. The van der Waals surface area contributed by atoms with Gasteiger partial charge in [-0.1, -0.05) is 0 Å². The standard InChI is InChI=1S/C10H16O4S/c11-9(5-6-15)14-8-3-1-7(2-4-8)10(12)13/h7-8,15H,1-6H2,(H,12,13)/p-1. The predicted molar refractivity (Wildman–Crippen MR) is 55.3 cm³/mol. The zero-order valence-electron chi connectivity index (χ0n) is 8.48. The van der Waals surface area contributed by atoms with E-state index in [1.165, 1.54) is 0 Å². The average Bonchev–Trinajstić information content (AvgIpc) is 2.18. The highest BCUT2D eigenvalue weighted by Crippen LogP contribution is 2.25. The van der Waals surface area contributed by atoms with Crippen LogP contribution in [0.25, 0.3) is 0 Å². The number of carbonyl (C=O) groups excluding carboxylic acids is 2. The summed E-state index contributed by atoms with van der Waals surface area (Å²) >= 11 is 3.93. The van der Waals surface area contributed by atoms with E-state index < -0.39 is 5.97 Å². The van der Waals surface area contributed by atoms with Crippen LogP contribution in [0.4, 0.5) is 0 Å². The minimum absolute atomic E-state index is 0.118. The summed E-state index contributed by atoms with van der Waals surface area (Å²) in [5.74, 6) is -1.13. The van der Waals surface area contributed by atoms with E-state index in [0.29, 0.717) is 37.9 Å². The number of rotatable bonds is 4. The van der Waals surface area contributed by atoms with Crippen LogP contribution < -0.4 is 5.11 Å². The quantitative estimate of drug-likeness (QED) is 0.553. The molecule has 0 aromatic carbocycles. The van der Waals surface area contributed by atoms with Crippen molar-refractivity contribution in [3.63, 3.8) is 0 Å². The molecule has 0 N–H and O–H groups in total. The van der Waals surface area contributed by atoms with Gasteiger partial charge in [0.15, 0.2) is 0 Å². The fourth-order valence-corrected chi connectivity index (χ4v) is 1.94. The van der Waals surface area contributed by atoms with Crippen molar-refractivity contribution in [2.24, 2.45) is 5.92 Å². The Bertz CT molecular complexity index is 234. The molecule has 0 aliphatic heterocycles. The molecule has 0 amide bonds. The van der Waals surface area contributed by atoms with Gasteiger partial charge in [-0.2, -0.15) is 12.6 Å². The molecule has 0 unspecified atom stereocenters. The summed E-state index contributed by atoms with van der Waals surface area (Å²) in [6.45, 7) is 0. The Morgan fingerprint density at radius 2 is 1.87 bits per heavy atom. The zero-order chi connectivity index (χ0) is 11.3. The smallest absolute Gasteiger partial charge is 0.306 e. The number of carbonyl (C=O) groups is 2. The Hall–Kier alpha value is -0.710. The van der Waals surface area contributed by atoms with E-state index in [4.69, 9.17) is 4.74 Å². The van der Waals surface area contributed by atoms with Crippen LogP contribution in [-0.2, 0) is 14.3 Å². The van der Waals surface area contributed by atoms with Crippen molar-refractivity contribution in [3.05, 3.63) is 0 Å². The Morgan fingerprint density at radius 3 is 2.33 bits per heavy atom. The van der Waals surface area contributed by atoms with E-state index in [1.54, 1.807) is 0 Å². The van der Waals surface area contributed by atoms with Gasteiger partial charge in [-0.05, 0) is 31.6 Å². The maximum Gasteiger partial charge on any atom is 0.306 e. The lowest BCUT2D eigenvalue weighted by Gasteiger charge is -2.28. The molecule has 0 spiro atoms. The Kier molecular flexibility index (Phi) is 4.94. The highest BCUT2D eigenvalue weighted by Gasteiger charge is 2.24. The van der Waals surface area contributed by atoms with Crippen LogP contribution in [0.15, 0.2) is 0 Å². The molecule has 1 rings (SSSR count). The maximum atomic E-state index is 11.1. The first-order valence-corrected chi connectivity index (χ1v) is 5.78. The summed E-state index contributed by atoms with van der Waals surface area (Å²) in [6, 6.07) is 0. The second-order valence-corrected chi connectivity index (χ2v) is 4.20. The lowest BCUT2D eigenvalue weighted by atomic mass is 9.87. The summed E-state index contributed by atoms with van der Waals surface area (Å²) in [5, 5.41) is 10.6. The van der Waals surface area contributed by atoms with Gasteiger partial charge < -0.3 is 14.6 Å². The van der Waals surface area contributed by atoms with Gasteiger partial charge in [0, 0.05) is 11.7 Å². The number of thiol groups is 1. The van der Waals surface area contributed by atoms with Gasteiger partial charge in [-0.25, -0.2) is 0 Å². The van der Waals surface area contributed by atoms with Crippen molar-refractivity contribution in [3.8, 4) is 0 Å². The molecule has 0 radical (unpaired) electrons. The van der Waals surface area contributed by atoms with E-state index >= 15 is 0 Å². The fourth-order valence-electron chi connectivity index (χ4n) is 1.75. The number of carboxylic acid groups (broad SMARTS) is 1. The lowest BCUT2D eigenvalue weighted by molar-refractivity contribution is -0.312. The van der Waals surface area contributed by atoms with Crippen molar-refractivity contribution in [1.82, 2.24) is 0 Å². The molecule has 5 heteroatoms. The molecule has 1 aliphatic rings. The molecular formula is C10H15O4S-. The van der Waals surface area contributed by atoms with Crippen molar-refractivity contribution in [2.75, 3.05) is 5.75 Å². The van der Waals surface area contributed by atoms with Crippen molar-refractivity contribution >= 4 is 24.6 Å². The summed E-state index contributed by atoms with van der Waals surface area (Å²) in [5.41, 5.74) is 0. The van der Waals surface area contributed by atoms with Gasteiger partial charge in [0.25, 0.3) is 0 Å². The molecule has 1 saturated carbocycles. The normalized spacial score (nSPS) is 25.9. The highest BCUT2D eigenvalue weighted by atomic mass is 32.1. The van der Waals surface area contributed by atoms with Gasteiger partial charge in [0.1, 0.15) is 6.10 Å². The van der Waals surface area contributed by atoms with Crippen LogP contribution in [0.1, 0.15) is 32.1 Å². The van der Waals surface area contributed by atoms with E-state index in [1.807, 2.05) is 0 Å². The maximum absolute atomic E-state index is 11.1. The topological polar surface area (TPSA) is 66.4 Å². The highest BCUT2D eigenvalue weighted by molar-refractivity contribution is 7.80. The van der Waals surface area contributed by atoms with Crippen LogP contribution >= 0.6 is 12.6 Å². The summed E-state index contributed by atoms with van der Waals surface area (Å²) in [7, 11) is 0. The predicted octanol–water partition coefficient (Wildman–Crippen LogP) is 0.158. The first kappa shape index (κ1) is 12.4. The molecular weight excluding hydrogens is 216 g/mol. The van der Waals surface area contributed by atoms with Crippen LogP contribution in [0.5, 0.6) is 0 Å². The van der Waals surface area contributed by atoms with Gasteiger partial charge >= 0.3 is 5.97 Å². The molecule has 0 heterocycles. The third kappa shape index (κ3) is 4.11. The second-order valence-electron chi connectivity index (χ2n) is 3.76. The van der Waals surface area contributed by atoms with Crippen molar-refractivity contribution in [1.29, 1.82) is 0 Å². The molecule has 15 heavy (non-hydrogen) atoms.